The average molecular weight is 307 g/mol. The first kappa shape index (κ1) is 15.7. The van der Waals surface area contributed by atoms with E-state index >= 15 is 0 Å². The summed E-state index contributed by atoms with van der Waals surface area (Å²) in [5.41, 5.74) is -0.759. The Kier molecular flexibility index (Phi) is 4.25. The number of aliphatic carboxylic acids is 1. The fourth-order valence-corrected chi connectivity index (χ4v) is 1.68. The summed E-state index contributed by atoms with van der Waals surface area (Å²) in [5.74, 6) is -0.341. The van der Waals surface area contributed by atoms with Gasteiger partial charge in [-0.05, 0) is 20.8 Å². The van der Waals surface area contributed by atoms with Crippen LogP contribution in [0.2, 0.25) is 0 Å². The van der Waals surface area contributed by atoms with Crippen molar-refractivity contribution >= 4 is 17.6 Å². The molecular weight excluding hydrogens is 290 g/mol. The van der Waals surface area contributed by atoms with E-state index in [0.29, 0.717) is 23.8 Å². The Labute approximate surface area is 126 Å². The summed E-state index contributed by atoms with van der Waals surface area (Å²) in [4.78, 5) is 27.0. The van der Waals surface area contributed by atoms with Crippen LogP contribution in [0.25, 0.3) is 0 Å². The first-order chi connectivity index (χ1) is 10.3. The van der Waals surface area contributed by atoms with Crippen molar-refractivity contribution < 1.29 is 19.2 Å². The van der Waals surface area contributed by atoms with Crippen molar-refractivity contribution in [2.45, 2.75) is 39.2 Å². The molecule has 22 heavy (non-hydrogen) atoms. The summed E-state index contributed by atoms with van der Waals surface area (Å²) in [6.07, 6.45) is 3.39. The molecule has 2 rings (SSSR count). The molecule has 0 spiro atoms. The first-order valence-corrected chi connectivity index (χ1v) is 6.66. The van der Waals surface area contributed by atoms with Gasteiger partial charge in [0.1, 0.15) is 0 Å². The first-order valence-electron chi connectivity index (χ1n) is 6.66. The minimum atomic E-state index is -1.19. The highest BCUT2D eigenvalue weighted by Gasteiger charge is 2.30. The molecule has 2 N–H and O–H groups in total. The smallest absolute Gasteiger partial charge is 0.331 e. The number of amides is 1. The molecule has 2 aromatic rings. The maximum Gasteiger partial charge on any atom is 0.331 e. The van der Waals surface area contributed by atoms with Crippen molar-refractivity contribution in [1.29, 1.82) is 0 Å². The minimum absolute atomic E-state index is 0.176. The third kappa shape index (κ3) is 3.48. The summed E-state index contributed by atoms with van der Waals surface area (Å²) < 4.78 is 6.20. The topological polar surface area (TPSA) is 123 Å². The standard InChI is InChI=1S/C13H17N5O4/c1-8-15-11(22-17-8)5-4-10(19)16-9-6-14-18(7-9)13(2,3)12(20)21/h6-7H,4-5H2,1-3H3,(H,16,19)(H,20,21). The summed E-state index contributed by atoms with van der Waals surface area (Å²) in [6.45, 7) is 4.74. The third-order valence-corrected chi connectivity index (χ3v) is 3.10. The van der Waals surface area contributed by atoms with E-state index < -0.39 is 11.5 Å². The fraction of sp³-hybridized carbons (Fsp3) is 0.462. The Morgan fingerprint density at radius 3 is 2.77 bits per heavy atom. The van der Waals surface area contributed by atoms with Gasteiger partial charge in [-0.2, -0.15) is 10.1 Å². The summed E-state index contributed by atoms with van der Waals surface area (Å²) in [6, 6.07) is 0. The molecule has 0 unspecified atom stereocenters. The van der Waals surface area contributed by atoms with Crippen LogP contribution in [0, 0.1) is 6.92 Å². The second-order valence-electron chi connectivity index (χ2n) is 5.32. The van der Waals surface area contributed by atoms with Crippen LogP contribution in [0.5, 0.6) is 0 Å². The molecule has 0 aliphatic heterocycles. The Morgan fingerprint density at radius 2 is 2.18 bits per heavy atom. The molecule has 0 aromatic carbocycles. The normalized spacial score (nSPS) is 11.4. The predicted molar refractivity (Wildman–Crippen MR) is 75.2 cm³/mol. The molecule has 2 heterocycles. The van der Waals surface area contributed by atoms with Gasteiger partial charge in [0.05, 0.1) is 11.9 Å². The van der Waals surface area contributed by atoms with E-state index in [1.54, 1.807) is 6.92 Å². The number of carbonyl (C=O) groups is 2. The van der Waals surface area contributed by atoms with Gasteiger partial charge in [0.25, 0.3) is 0 Å². The van der Waals surface area contributed by atoms with E-state index in [1.807, 2.05) is 0 Å². The Morgan fingerprint density at radius 1 is 1.45 bits per heavy atom. The number of carbonyl (C=O) groups excluding carboxylic acids is 1. The molecular formula is C13H17N5O4. The lowest BCUT2D eigenvalue weighted by molar-refractivity contribution is -0.146. The zero-order valence-corrected chi connectivity index (χ0v) is 12.5. The molecule has 118 valence electrons. The summed E-state index contributed by atoms with van der Waals surface area (Å²) >= 11 is 0. The van der Waals surface area contributed by atoms with Crippen molar-refractivity contribution in [3.05, 3.63) is 24.1 Å². The van der Waals surface area contributed by atoms with Crippen LogP contribution in [0.3, 0.4) is 0 Å². The van der Waals surface area contributed by atoms with Crippen LogP contribution in [0.4, 0.5) is 5.69 Å². The number of rotatable bonds is 6. The number of nitrogens with zero attached hydrogens (tertiary/aromatic N) is 4. The second kappa shape index (κ2) is 5.96. The van der Waals surface area contributed by atoms with E-state index in [2.05, 4.69) is 20.6 Å². The monoisotopic (exact) mass is 307 g/mol. The van der Waals surface area contributed by atoms with Crippen LogP contribution < -0.4 is 5.32 Å². The molecule has 0 atom stereocenters. The van der Waals surface area contributed by atoms with Crippen molar-refractivity contribution in [2.24, 2.45) is 0 Å². The summed E-state index contributed by atoms with van der Waals surface area (Å²) in [5, 5.41) is 19.4. The quantitative estimate of drug-likeness (QED) is 0.814. The van der Waals surface area contributed by atoms with Gasteiger partial charge in [-0.15, -0.1) is 0 Å². The van der Waals surface area contributed by atoms with Gasteiger partial charge in [-0.25, -0.2) is 4.79 Å². The maximum absolute atomic E-state index is 11.8. The molecule has 0 aliphatic carbocycles. The van der Waals surface area contributed by atoms with Crippen LogP contribution >= 0.6 is 0 Å². The maximum atomic E-state index is 11.8. The lowest BCUT2D eigenvalue weighted by Crippen LogP contribution is -2.35. The van der Waals surface area contributed by atoms with Crippen molar-refractivity contribution in [3.63, 3.8) is 0 Å². The molecule has 0 saturated heterocycles. The number of carboxylic acid groups (broad SMARTS) is 1. The molecule has 2 aromatic heterocycles. The van der Waals surface area contributed by atoms with Gasteiger partial charge in [0.2, 0.25) is 11.8 Å². The van der Waals surface area contributed by atoms with Crippen LogP contribution in [-0.2, 0) is 21.5 Å². The van der Waals surface area contributed by atoms with E-state index in [0.717, 1.165) is 0 Å². The van der Waals surface area contributed by atoms with Gasteiger partial charge < -0.3 is 14.9 Å². The number of nitrogens with one attached hydrogen (secondary N) is 1. The molecule has 0 fully saturated rings. The molecule has 9 nitrogen and oxygen atoms in total. The summed E-state index contributed by atoms with van der Waals surface area (Å²) in [7, 11) is 0. The van der Waals surface area contributed by atoms with E-state index in [1.165, 1.54) is 30.9 Å². The fourth-order valence-electron chi connectivity index (χ4n) is 1.68. The van der Waals surface area contributed by atoms with Crippen LogP contribution in [0.1, 0.15) is 32.0 Å². The molecule has 0 radical (unpaired) electrons. The van der Waals surface area contributed by atoms with Gasteiger partial charge in [0.15, 0.2) is 11.4 Å². The largest absolute Gasteiger partial charge is 0.479 e. The number of hydrogen-bond donors (Lipinski definition) is 2. The Bertz CT molecular complexity index is 688. The highest BCUT2D eigenvalue weighted by molar-refractivity contribution is 5.90. The number of aryl methyl sites for hydroxylation is 2. The Hall–Kier alpha value is -2.71. The van der Waals surface area contributed by atoms with E-state index in [9.17, 15) is 9.59 Å². The highest BCUT2D eigenvalue weighted by Crippen LogP contribution is 2.17. The van der Waals surface area contributed by atoms with Crippen molar-refractivity contribution in [1.82, 2.24) is 19.9 Å². The lowest BCUT2D eigenvalue weighted by atomic mass is 10.1. The predicted octanol–water partition coefficient (Wildman–Crippen LogP) is 0.966. The number of aromatic nitrogens is 4. The third-order valence-electron chi connectivity index (χ3n) is 3.10. The number of anilines is 1. The number of carboxylic acids is 1. The molecule has 9 heteroatoms. The lowest BCUT2D eigenvalue weighted by Gasteiger charge is -2.19. The SMILES string of the molecule is Cc1noc(CCC(=O)Nc2cnn(C(C)(C)C(=O)O)c2)n1. The molecule has 0 saturated carbocycles. The number of hydrogen-bond acceptors (Lipinski definition) is 6. The van der Waals surface area contributed by atoms with Crippen LogP contribution in [-0.4, -0.2) is 36.9 Å². The van der Waals surface area contributed by atoms with Gasteiger partial charge in [0, 0.05) is 19.0 Å². The van der Waals surface area contributed by atoms with E-state index in [4.69, 9.17) is 9.63 Å². The second-order valence-corrected chi connectivity index (χ2v) is 5.32. The molecule has 0 aliphatic rings. The molecule has 1 amide bonds. The minimum Gasteiger partial charge on any atom is -0.479 e. The molecule has 0 bridgehead atoms. The Balaban J connectivity index is 1.92. The zero-order chi connectivity index (χ0) is 16.3. The van der Waals surface area contributed by atoms with Crippen molar-refractivity contribution in [3.8, 4) is 0 Å². The van der Waals surface area contributed by atoms with E-state index in [-0.39, 0.29) is 12.3 Å². The van der Waals surface area contributed by atoms with Gasteiger partial charge in [-0.3, -0.25) is 9.48 Å². The average Bonchev–Trinajstić information content (AvgIpc) is 3.05. The highest BCUT2D eigenvalue weighted by atomic mass is 16.5. The van der Waals surface area contributed by atoms with Gasteiger partial charge >= 0.3 is 5.97 Å². The van der Waals surface area contributed by atoms with Crippen LogP contribution in [0.15, 0.2) is 16.9 Å². The van der Waals surface area contributed by atoms with Crippen molar-refractivity contribution in [2.75, 3.05) is 5.32 Å². The zero-order valence-electron chi connectivity index (χ0n) is 12.5. The van der Waals surface area contributed by atoms with Gasteiger partial charge in [-0.1, -0.05) is 5.16 Å².